The highest BCUT2D eigenvalue weighted by molar-refractivity contribution is 7.89. The zero-order valence-corrected chi connectivity index (χ0v) is 13.1. The fraction of sp³-hybridized carbons (Fsp3) is 0.143. The van der Waals surface area contributed by atoms with E-state index in [0.717, 1.165) is 11.1 Å². The van der Waals surface area contributed by atoms with Gasteiger partial charge in [-0.1, -0.05) is 41.4 Å². The highest BCUT2D eigenvalue weighted by atomic mass is 35.5. The van der Waals surface area contributed by atoms with E-state index in [9.17, 15) is 8.42 Å². The Morgan fingerprint density at radius 3 is 2.45 bits per heavy atom. The van der Waals surface area contributed by atoms with Gasteiger partial charge in [0.1, 0.15) is 0 Å². The normalized spacial score (nSPS) is 11.6. The lowest BCUT2D eigenvalue weighted by Gasteiger charge is -2.10. The summed E-state index contributed by atoms with van der Waals surface area (Å²) in [6, 6.07) is 11.6. The van der Waals surface area contributed by atoms with Crippen LogP contribution in [0.1, 0.15) is 11.1 Å². The lowest BCUT2D eigenvalue weighted by molar-refractivity contribution is 0.581. The summed E-state index contributed by atoms with van der Waals surface area (Å²) in [4.78, 5) is 0.134. The number of nitrogens with one attached hydrogen (secondary N) is 1. The van der Waals surface area contributed by atoms with Crippen LogP contribution in [-0.2, 0) is 16.6 Å². The first kappa shape index (κ1) is 15.3. The molecule has 0 spiro atoms. The third-order valence-electron chi connectivity index (χ3n) is 2.90. The Morgan fingerprint density at radius 1 is 1.10 bits per heavy atom. The first-order valence-electron chi connectivity index (χ1n) is 5.89. The van der Waals surface area contributed by atoms with Gasteiger partial charge in [0, 0.05) is 16.6 Å². The maximum Gasteiger partial charge on any atom is 0.240 e. The predicted molar refractivity (Wildman–Crippen MR) is 81.7 cm³/mol. The highest BCUT2D eigenvalue weighted by Gasteiger charge is 2.15. The Kier molecular flexibility index (Phi) is 4.70. The topological polar surface area (TPSA) is 46.2 Å². The monoisotopic (exact) mass is 329 g/mol. The van der Waals surface area contributed by atoms with E-state index in [1.807, 2.05) is 19.1 Å². The maximum absolute atomic E-state index is 12.2. The van der Waals surface area contributed by atoms with Crippen molar-refractivity contribution < 1.29 is 8.42 Å². The number of aryl methyl sites for hydroxylation is 1. The SMILES string of the molecule is Cc1cccc(Cl)c1CNS(=O)(=O)c1cccc(Cl)c1. The van der Waals surface area contributed by atoms with Crippen molar-refractivity contribution in [2.45, 2.75) is 18.4 Å². The van der Waals surface area contributed by atoms with Crippen molar-refractivity contribution in [1.29, 1.82) is 0 Å². The van der Waals surface area contributed by atoms with Crippen LogP contribution in [0.15, 0.2) is 47.4 Å². The van der Waals surface area contributed by atoms with E-state index in [2.05, 4.69) is 4.72 Å². The van der Waals surface area contributed by atoms with Crippen molar-refractivity contribution in [1.82, 2.24) is 4.72 Å². The van der Waals surface area contributed by atoms with Crippen LogP contribution in [-0.4, -0.2) is 8.42 Å². The first-order chi connectivity index (χ1) is 9.40. The average molecular weight is 330 g/mol. The van der Waals surface area contributed by atoms with Gasteiger partial charge in [-0.2, -0.15) is 0 Å². The molecule has 0 fully saturated rings. The minimum atomic E-state index is -3.61. The molecule has 0 atom stereocenters. The molecule has 0 saturated heterocycles. The lowest BCUT2D eigenvalue weighted by Crippen LogP contribution is -2.23. The van der Waals surface area contributed by atoms with E-state index in [4.69, 9.17) is 23.2 Å². The molecule has 0 aliphatic heterocycles. The zero-order chi connectivity index (χ0) is 14.8. The molecule has 0 bridgehead atoms. The number of rotatable bonds is 4. The van der Waals surface area contributed by atoms with Crippen LogP contribution in [0.5, 0.6) is 0 Å². The Balaban J connectivity index is 2.22. The van der Waals surface area contributed by atoms with E-state index in [0.29, 0.717) is 10.0 Å². The molecule has 106 valence electrons. The number of sulfonamides is 1. The van der Waals surface area contributed by atoms with Gasteiger partial charge in [-0.05, 0) is 42.3 Å². The second kappa shape index (κ2) is 6.14. The molecular formula is C14H13Cl2NO2S. The molecule has 3 nitrogen and oxygen atoms in total. The van der Waals surface area contributed by atoms with Gasteiger partial charge in [0.2, 0.25) is 10.0 Å². The van der Waals surface area contributed by atoms with Gasteiger partial charge < -0.3 is 0 Å². The predicted octanol–water partition coefficient (Wildman–Crippen LogP) is 3.78. The molecule has 0 radical (unpaired) electrons. The van der Waals surface area contributed by atoms with Crippen molar-refractivity contribution in [2.24, 2.45) is 0 Å². The summed E-state index contributed by atoms with van der Waals surface area (Å²) in [6.07, 6.45) is 0. The van der Waals surface area contributed by atoms with Gasteiger partial charge in [0.15, 0.2) is 0 Å². The van der Waals surface area contributed by atoms with Crippen molar-refractivity contribution in [2.75, 3.05) is 0 Å². The largest absolute Gasteiger partial charge is 0.240 e. The van der Waals surface area contributed by atoms with Crippen molar-refractivity contribution in [3.63, 3.8) is 0 Å². The molecule has 0 aliphatic rings. The van der Waals surface area contributed by atoms with Gasteiger partial charge in [0.25, 0.3) is 0 Å². The minimum Gasteiger partial charge on any atom is -0.207 e. The van der Waals surface area contributed by atoms with E-state index in [-0.39, 0.29) is 11.4 Å². The molecule has 2 aromatic carbocycles. The molecular weight excluding hydrogens is 317 g/mol. The summed E-state index contributed by atoms with van der Waals surface area (Å²) >= 11 is 11.9. The minimum absolute atomic E-state index is 0.134. The molecule has 20 heavy (non-hydrogen) atoms. The van der Waals surface area contributed by atoms with Crippen molar-refractivity contribution in [3.05, 3.63) is 63.6 Å². The van der Waals surface area contributed by atoms with Crippen LogP contribution in [0.4, 0.5) is 0 Å². The smallest absolute Gasteiger partial charge is 0.207 e. The number of hydrogen-bond donors (Lipinski definition) is 1. The second-order valence-corrected chi connectivity index (χ2v) is 6.93. The van der Waals surface area contributed by atoms with Crippen LogP contribution in [0.25, 0.3) is 0 Å². The molecule has 2 rings (SSSR count). The Hall–Kier alpha value is -1.07. The molecule has 0 aromatic heterocycles. The van der Waals surface area contributed by atoms with Crippen molar-refractivity contribution >= 4 is 33.2 Å². The van der Waals surface area contributed by atoms with E-state index in [1.165, 1.54) is 12.1 Å². The Labute approximate surface area is 128 Å². The zero-order valence-electron chi connectivity index (χ0n) is 10.7. The van der Waals surface area contributed by atoms with Crippen LogP contribution in [0.2, 0.25) is 10.0 Å². The second-order valence-electron chi connectivity index (χ2n) is 4.32. The standard InChI is InChI=1S/C14H13Cl2NO2S/c1-10-4-2-7-14(16)13(10)9-17-20(18,19)12-6-3-5-11(15)8-12/h2-8,17H,9H2,1H3. The molecule has 2 aromatic rings. The molecule has 0 unspecified atom stereocenters. The molecule has 6 heteroatoms. The van der Waals surface area contributed by atoms with Crippen LogP contribution < -0.4 is 4.72 Å². The fourth-order valence-corrected chi connectivity index (χ4v) is 3.36. The third-order valence-corrected chi connectivity index (χ3v) is 4.89. The summed E-state index contributed by atoms with van der Waals surface area (Å²) in [5, 5.41) is 0.917. The molecule has 1 N–H and O–H groups in total. The van der Waals surface area contributed by atoms with Crippen molar-refractivity contribution in [3.8, 4) is 0 Å². The summed E-state index contributed by atoms with van der Waals surface area (Å²) in [6.45, 7) is 2.02. The maximum atomic E-state index is 12.2. The van der Waals surface area contributed by atoms with E-state index >= 15 is 0 Å². The Morgan fingerprint density at radius 2 is 1.80 bits per heavy atom. The van der Waals surface area contributed by atoms with Gasteiger partial charge in [-0.15, -0.1) is 0 Å². The molecule has 0 aliphatic carbocycles. The van der Waals surface area contributed by atoms with E-state index < -0.39 is 10.0 Å². The number of halogens is 2. The van der Waals surface area contributed by atoms with Crippen LogP contribution in [0.3, 0.4) is 0 Å². The number of benzene rings is 2. The summed E-state index contributed by atoms with van der Waals surface area (Å²) in [5.74, 6) is 0. The third kappa shape index (κ3) is 3.52. The van der Waals surface area contributed by atoms with Crippen LogP contribution >= 0.6 is 23.2 Å². The van der Waals surface area contributed by atoms with Gasteiger partial charge in [-0.25, -0.2) is 13.1 Å². The van der Waals surface area contributed by atoms with Gasteiger partial charge >= 0.3 is 0 Å². The quantitative estimate of drug-likeness (QED) is 0.927. The summed E-state index contributed by atoms with van der Waals surface area (Å²) in [5.41, 5.74) is 1.70. The van der Waals surface area contributed by atoms with Crippen LogP contribution in [0, 0.1) is 6.92 Å². The lowest BCUT2D eigenvalue weighted by atomic mass is 10.1. The molecule has 0 amide bonds. The van der Waals surface area contributed by atoms with Gasteiger partial charge in [0.05, 0.1) is 4.90 Å². The average Bonchev–Trinajstić information content (AvgIpc) is 2.38. The highest BCUT2D eigenvalue weighted by Crippen LogP contribution is 2.20. The first-order valence-corrected chi connectivity index (χ1v) is 8.13. The Bertz CT molecular complexity index is 709. The molecule has 0 saturated carbocycles. The number of hydrogen-bond acceptors (Lipinski definition) is 2. The molecule has 0 heterocycles. The summed E-state index contributed by atoms with van der Waals surface area (Å²) in [7, 11) is -3.61. The van der Waals surface area contributed by atoms with E-state index in [1.54, 1.807) is 18.2 Å². The fourth-order valence-electron chi connectivity index (χ4n) is 1.78. The summed E-state index contributed by atoms with van der Waals surface area (Å²) < 4.78 is 26.9. The van der Waals surface area contributed by atoms with Gasteiger partial charge in [-0.3, -0.25) is 0 Å².